The number of ether oxygens (including phenoxy) is 1. The van der Waals surface area contributed by atoms with E-state index in [4.69, 9.17) is 4.74 Å². The molecule has 0 aliphatic rings. The quantitative estimate of drug-likeness (QED) is 0.851. The van der Waals surface area contributed by atoms with Crippen molar-refractivity contribution in [3.8, 4) is 5.75 Å². The molecule has 1 amide bonds. The van der Waals surface area contributed by atoms with Gasteiger partial charge in [-0.15, -0.1) is 0 Å². The summed E-state index contributed by atoms with van der Waals surface area (Å²) in [5.41, 5.74) is 1.06. The molecule has 1 aromatic rings. The van der Waals surface area contributed by atoms with Crippen LogP contribution in [-0.4, -0.2) is 31.5 Å². The molecule has 0 saturated carbocycles. The summed E-state index contributed by atoms with van der Waals surface area (Å²) in [4.78, 5) is 12.9. The van der Waals surface area contributed by atoms with E-state index >= 15 is 0 Å². The van der Waals surface area contributed by atoms with Crippen LogP contribution in [0.5, 0.6) is 5.75 Å². The average Bonchev–Trinajstić information content (AvgIpc) is 2.20. The molecular weight excluding hydrogens is 270 g/mol. The minimum absolute atomic E-state index is 0.0785. The molecule has 0 aliphatic carbocycles. The highest BCUT2D eigenvalue weighted by molar-refractivity contribution is 9.10. The number of aryl methyl sites for hydroxylation is 1. The van der Waals surface area contributed by atoms with Crippen molar-refractivity contribution in [1.82, 2.24) is 4.90 Å². The summed E-state index contributed by atoms with van der Waals surface area (Å²) < 4.78 is 6.57. The molecule has 0 atom stereocenters. The Hall–Kier alpha value is -1.03. The van der Waals surface area contributed by atoms with Crippen LogP contribution in [-0.2, 0) is 4.79 Å². The Morgan fingerprint density at radius 2 is 2.12 bits per heavy atom. The van der Waals surface area contributed by atoms with Crippen LogP contribution in [0.3, 0.4) is 0 Å². The molecule has 0 bridgehead atoms. The molecule has 1 rings (SSSR count). The molecule has 0 aromatic heterocycles. The highest BCUT2D eigenvalue weighted by atomic mass is 79.9. The second kappa shape index (κ2) is 5.89. The number of hydrogen-bond acceptors (Lipinski definition) is 2. The van der Waals surface area contributed by atoms with E-state index in [0.717, 1.165) is 15.8 Å². The Balaban J connectivity index is 2.46. The van der Waals surface area contributed by atoms with Gasteiger partial charge in [-0.2, -0.15) is 0 Å². The van der Waals surface area contributed by atoms with Crippen LogP contribution in [0.2, 0.25) is 0 Å². The van der Waals surface area contributed by atoms with E-state index in [0.29, 0.717) is 13.0 Å². The minimum atomic E-state index is 0.0785. The molecule has 4 heteroatoms. The van der Waals surface area contributed by atoms with Crippen molar-refractivity contribution < 1.29 is 9.53 Å². The Kier molecular flexibility index (Phi) is 4.80. The number of halogens is 1. The van der Waals surface area contributed by atoms with E-state index in [9.17, 15) is 4.79 Å². The standard InChI is InChI=1S/C12H16BrNO2/c1-9-8-10(13)4-5-11(9)16-7-6-12(15)14(2)3/h4-5,8H,6-7H2,1-3H3. The number of amides is 1. The van der Waals surface area contributed by atoms with E-state index in [2.05, 4.69) is 15.9 Å². The zero-order chi connectivity index (χ0) is 12.1. The van der Waals surface area contributed by atoms with E-state index in [-0.39, 0.29) is 5.91 Å². The van der Waals surface area contributed by atoms with Crippen molar-refractivity contribution in [3.63, 3.8) is 0 Å². The second-order valence-electron chi connectivity index (χ2n) is 3.80. The summed E-state index contributed by atoms with van der Waals surface area (Å²) in [6.45, 7) is 2.40. The Morgan fingerprint density at radius 1 is 1.44 bits per heavy atom. The van der Waals surface area contributed by atoms with Gasteiger partial charge in [0.2, 0.25) is 5.91 Å². The van der Waals surface area contributed by atoms with Crippen molar-refractivity contribution in [2.45, 2.75) is 13.3 Å². The fraction of sp³-hybridized carbons (Fsp3) is 0.417. The molecule has 1 aromatic carbocycles. The average molecular weight is 286 g/mol. The molecule has 0 radical (unpaired) electrons. The van der Waals surface area contributed by atoms with Crippen molar-refractivity contribution in [1.29, 1.82) is 0 Å². The van der Waals surface area contributed by atoms with Crippen molar-refractivity contribution >= 4 is 21.8 Å². The fourth-order valence-corrected chi connectivity index (χ4v) is 1.72. The van der Waals surface area contributed by atoms with Crippen LogP contribution in [0.25, 0.3) is 0 Å². The highest BCUT2D eigenvalue weighted by Crippen LogP contribution is 2.22. The number of benzene rings is 1. The molecule has 88 valence electrons. The predicted octanol–water partition coefficient (Wildman–Crippen LogP) is 2.61. The molecule has 0 heterocycles. The lowest BCUT2D eigenvalue weighted by atomic mass is 10.2. The third kappa shape index (κ3) is 3.85. The van der Waals surface area contributed by atoms with Gasteiger partial charge < -0.3 is 9.64 Å². The van der Waals surface area contributed by atoms with Crippen LogP contribution in [0.4, 0.5) is 0 Å². The van der Waals surface area contributed by atoms with E-state index < -0.39 is 0 Å². The minimum Gasteiger partial charge on any atom is -0.493 e. The van der Waals surface area contributed by atoms with Gasteiger partial charge in [0.1, 0.15) is 5.75 Å². The lowest BCUT2D eigenvalue weighted by molar-refractivity contribution is -0.129. The van der Waals surface area contributed by atoms with Crippen LogP contribution in [0.15, 0.2) is 22.7 Å². The highest BCUT2D eigenvalue weighted by Gasteiger charge is 2.05. The first kappa shape index (κ1) is 13.0. The van der Waals surface area contributed by atoms with Gasteiger partial charge in [-0.05, 0) is 30.7 Å². The number of carbonyl (C=O) groups is 1. The van der Waals surface area contributed by atoms with Crippen LogP contribution < -0.4 is 4.74 Å². The van der Waals surface area contributed by atoms with Gasteiger partial charge in [0.25, 0.3) is 0 Å². The largest absolute Gasteiger partial charge is 0.493 e. The molecular formula is C12H16BrNO2. The van der Waals surface area contributed by atoms with Gasteiger partial charge in [-0.3, -0.25) is 4.79 Å². The van der Waals surface area contributed by atoms with Crippen LogP contribution in [0.1, 0.15) is 12.0 Å². The molecule has 3 nitrogen and oxygen atoms in total. The summed E-state index contributed by atoms with van der Waals surface area (Å²) >= 11 is 3.39. The van der Waals surface area contributed by atoms with Crippen molar-refractivity contribution in [2.24, 2.45) is 0 Å². The first-order chi connectivity index (χ1) is 7.50. The van der Waals surface area contributed by atoms with E-state index in [1.165, 1.54) is 0 Å². The Labute approximate surface area is 105 Å². The smallest absolute Gasteiger partial charge is 0.225 e. The summed E-state index contributed by atoms with van der Waals surface area (Å²) in [6.07, 6.45) is 0.405. The van der Waals surface area contributed by atoms with Gasteiger partial charge >= 0.3 is 0 Å². The number of nitrogens with zero attached hydrogens (tertiary/aromatic N) is 1. The van der Waals surface area contributed by atoms with Gasteiger partial charge in [0.15, 0.2) is 0 Å². The molecule has 0 N–H and O–H groups in total. The third-order valence-electron chi connectivity index (χ3n) is 2.21. The lowest BCUT2D eigenvalue weighted by Crippen LogP contribution is -2.23. The number of carbonyl (C=O) groups excluding carboxylic acids is 1. The van der Waals surface area contributed by atoms with E-state index in [1.54, 1.807) is 19.0 Å². The maximum absolute atomic E-state index is 11.3. The SMILES string of the molecule is Cc1cc(Br)ccc1OCCC(=O)N(C)C. The molecule has 0 fully saturated rings. The van der Waals surface area contributed by atoms with Gasteiger partial charge in [0.05, 0.1) is 13.0 Å². The van der Waals surface area contributed by atoms with Gasteiger partial charge in [-0.25, -0.2) is 0 Å². The zero-order valence-electron chi connectivity index (χ0n) is 9.79. The first-order valence-corrected chi connectivity index (χ1v) is 5.89. The lowest BCUT2D eigenvalue weighted by Gasteiger charge is -2.12. The third-order valence-corrected chi connectivity index (χ3v) is 2.70. The maximum atomic E-state index is 11.3. The number of hydrogen-bond donors (Lipinski definition) is 0. The van der Waals surface area contributed by atoms with Crippen molar-refractivity contribution in [2.75, 3.05) is 20.7 Å². The maximum Gasteiger partial charge on any atom is 0.225 e. The fourth-order valence-electron chi connectivity index (χ4n) is 1.25. The predicted molar refractivity (Wildman–Crippen MR) is 67.7 cm³/mol. The molecule has 0 aliphatic heterocycles. The second-order valence-corrected chi connectivity index (χ2v) is 4.71. The van der Waals surface area contributed by atoms with Gasteiger partial charge in [0, 0.05) is 18.6 Å². The van der Waals surface area contributed by atoms with Crippen molar-refractivity contribution in [3.05, 3.63) is 28.2 Å². The summed E-state index contributed by atoms with van der Waals surface area (Å²) in [6, 6.07) is 5.82. The molecule has 0 unspecified atom stereocenters. The van der Waals surface area contributed by atoms with Crippen LogP contribution in [0, 0.1) is 6.92 Å². The first-order valence-electron chi connectivity index (χ1n) is 5.10. The normalized spacial score (nSPS) is 10.0. The summed E-state index contributed by atoms with van der Waals surface area (Å²) in [5, 5.41) is 0. The zero-order valence-corrected chi connectivity index (χ0v) is 11.4. The van der Waals surface area contributed by atoms with Gasteiger partial charge in [-0.1, -0.05) is 15.9 Å². The molecule has 16 heavy (non-hydrogen) atoms. The molecule has 0 spiro atoms. The van der Waals surface area contributed by atoms with E-state index in [1.807, 2.05) is 25.1 Å². The molecule has 0 saturated heterocycles. The monoisotopic (exact) mass is 285 g/mol. The topological polar surface area (TPSA) is 29.5 Å². The number of rotatable bonds is 4. The Bertz CT molecular complexity index is 377. The van der Waals surface area contributed by atoms with Crippen LogP contribution >= 0.6 is 15.9 Å². The summed E-state index contributed by atoms with van der Waals surface area (Å²) in [7, 11) is 3.49. The summed E-state index contributed by atoms with van der Waals surface area (Å²) in [5.74, 6) is 0.907. The Morgan fingerprint density at radius 3 is 2.69 bits per heavy atom.